The van der Waals surface area contributed by atoms with Crippen LogP contribution in [-0.2, 0) is 16.0 Å². The van der Waals surface area contributed by atoms with Crippen molar-refractivity contribution in [2.45, 2.75) is 33.1 Å². The molecule has 0 spiro atoms. The maximum atomic E-state index is 13.2. The zero-order valence-electron chi connectivity index (χ0n) is 23.6. The van der Waals surface area contributed by atoms with E-state index in [4.69, 9.17) is 18.8 Å². The van der Waals surface area contributed by atoms with Crippen molar-refractivity contribution in [3.63, 3.8) is 0 Å². The Labute approximate surface area is 243 Å². The number of hydrogen-bond donors (Lipinski definition) is 0. The quantitative estimate of drug-likeness (QED) is 0.183. The number of aromatic nitrogens is 1. The van der Waals surface area contributed by atoms with Gasteiger partial charge in [0.05, 0.1) is 29.5 Å². The molecule has 1 aromatic heterocycles. The van der Waals surface area contributed by atoms with Gasteiger partial charge < -0.3 is 14.4 Å². The first-order valence-corrected chi connectivity index (χ1v) is 14.8. The summed E-state index contributed by atoms with van der Waals surface area (Å²) in [6.45, 7) is 10.9. The number of ether oxygens (including phenoxy) is 2. The van der Waals surface area contributed by atoms with Crippen molar-refractivity contribution >= 4 is 39.6 Å². The van der Waals surface area contributed by atoms with Crippen molar-refractivity contribution in [3.05, 3.63) is 75.5 Å². The first-order chi connectivity index (χ1) is 19.9. The lowest BCUT2D eigenvalue weighted by Crippen LogP contribution is -2.47. The van der Waals surface area contributed by atoms with Crippen LogP contribution in [0.1, 0.15) is 43.5 Å². The smallest absolute Gasteiger partial charge is 0.315 e. The number of esters is 1. The van der Waals surface area contributed by atoms with E-state index in [2.05, 4.69) is 15.9 Å². The first kappa shape index (κ1) is 28.7. The van der Waals surface area contributed by atoms with Crippen molar-refractivity contribution in [1.82, 2.24) is 9.27 Å². The minimum Gasteiger partial charge on any atom is -0.492 e. The van der Waals surface area contributed by atoms with Gasteiger partial charge in [-0.05, 0) is 50.0 Å². The van der Waals surface area contributed by atoms with Gasteiger partial charge in [0.2, 0.25) is 0 Å². The molecule has 41 heavy (non-hydrogen) atoms. The molecule has 5 rings (SSSR count). The third-order valence-corrected chi connectivity index (χ3v) is 8.48. The molecule has 2 atom stereocenters. The van der Waals surface area contributed by atoms with Crippen molar-refractivity contribution in [2.24, 2.45) is 10.9 Å². The van der Waals surface area contributed by atoms with Gasteiger partial charge >= 0.3 is 5.97 Å². The van der Waals surface area contributed by atoms with E-state index in [1.165, 1.54) is 17.6 Å². The fourth-order valence-corrected chi connectivity index (χ4v) is 6.65. The van der Waals surface area contributed by atoms with Gasteiger partial charge in [-0.15, -0.1) is 0 Å². The van der Waals surface area contributed by atoms with E-state index in [0.29, 0.717) is 24.3 Å². The number of benzene rings is 2. The zero-order chi connectivity index (χ0) is 28.9. The number of non-ortho nitro benzene ring substituents is 1. The molecule has 2 aromatic carbocycles. The number of carbonyl (C=O) groups excluding carboxylic acids is 1. The molecular formula is C30H35N5O5S. The molecule has 0 radical (unpaired) electrons. The fourth-order valence-electron chi connectivity index (χ4n) is 5.73. The van der Waals surface area contributed by atoms with Crippen LogP contribution in [0.4, 0.5) is 16.4 Å². The average molecular weight is 578 g/mol. The Hall–Kier alpha value is -3.83. The number of rotatable bonds is 10. The second-order valence-corrected chi connectivity index (χ2v) is 10.9. The molecule has 3 aromatic rings. The summed E-state index contributed by atoms with van der Waals surface area (Å²) >= 11 is 1.32. The summed E-state index contributed by atoms with van der Waals surface area (Å²) in [5, 5.41) is 12.3. The Morgan fingerprint density at radius 2 is 1.88 bits per heavy atom. The Morgan fingerprint density at radius 3 is 2.61 bits per heavy atom. The summed E-state index contributed by atoms with van der Waals surface area (Å²) in [6.07, 6.45) is 0.691. The SMILES string of the molecule is CCOC(=O)C1C(C)=Nc2snc(CCN3CCN(c4ccccc4OCC)CC3)c2C1c1cccc([N+](=O)[O-])c1. The van der Waals surface area contributed by atoms with E-state index in [0.717, 1.165) is 60.4 Å². The summed E-state index contributed by atoms with van der Waals surface area (Å²) in [4.78, 5) is 33.9. The first-order valence-electron chi connectivity index (χ1n) is 14.0. The van der Waals surface area contributed by atoms with Crippen LogP contribution in [0.25, 0.3) is 0 Å². The Balaban J connectivity index is 1.36. The summed E-state index contributed by atoms with van der Waals surface area (Å²) in [6, 6.07) is 14.7. The summed E-state index contributed by atoms with van der Waals surface area (Å²) in [7, 11) is 0. The predicted octanol–water partition coefficient (Wildman–Crippen LogP) is 5.23. The highest BCUT2D eigenvalue weighted by atomic mass is 32.1. The molecule has 0 amide bonds. The standard InChI is InChI=1S/C30H35N5O5S/c1-4-39-25-12-7-6-11-24(25)34-17-15-33(16-18-34)14-13-23-28-27(21-9-8-10-22(19-21)35(37)38)26(30(36)40-5-2)20(3)31-29(28)41-32-23/h6-12,19,26-27H,4-5,13-18H2,1-3H3. The lowest BCUT2D eigenvalue weighted by Gasteiger charge is -2.36. The largest absolute Gasteiger partial charge is 0.492 e. The molecule has 1 saturated heterocycles. The lowest BCUT2D eigenvalue weighted by atomic mass is 9.76. The van der Waals surface area contributed by atoms with Crippen LogP contribution >= 0.6 is 11.5 Å². The van der Waals surface area contributed by atoms with Crippen LogP contribution in [0.5, 0.6) is 5.75 Å². The highest BCUT2D eigenvalue weighted by Gasteiger charge is 2.41. The maximum Gasteiger partial charge on any atom is 0.315 e. The highest BCUT2D eigenvalue weighted by molar-refractivity contribution is 7.10. The molecule has 2 aliphatic heterocycles. The fraction of sp³-hybridized carbons (Fsp3) is 0.433. The normalized spacial score (nSPS) is 18.9. The minimum absolute atomic E-state index is 0.0136. The molecular weight excluding hydrogens is 542 g/mol. The molecule has 216 valence electrons. The number of nitrogens with zero attached hydrogens (tertiary/aromatic N) is 5. The number of para-hydroxylation sites is 2. The third kappa shape index (κ3) is 6.11. The van der Waals surface area contributed by atoms with Gasteiger partial charge in [-0.3, -0.25) is 19.8 Å². The molecule has 0 N–H and O–H groups in total. The van der Waals surface area contributed by atoms with Crippen LogP contribution in [0.15, 0.2) is 53.5 Å². The van der Waals surface area contributed by atoms with Crippen molar-refractivity contribution in [1.29, 1.82) is 0 Å². The lowest BCUT2D eigenvalue weighted by molar-refractivity contribution is -0.384. The van der Waals surface area contributed by atoms with Crippen molar-refractivity contribution in [3.8, 4) is 5.75 Å². The van der Waals surface area contributed by atoms with Gasteiger partial charge in [0, 0.05) is 68.5 Å². The number of aliphatic imine (C=N–C) groups is 1. The number of nitro groups is 1. The van der Waals surface area contributed by atoms with E-state index in [-0.39, 0.29) is 18.3 Å². The van der Waals surface area contributed by atoms with Crippen LogP contribution in [-0.4, -0.2) is 71.8 Å². The topological polar surface area (TPSA) is 110 Å². The Morgan fingerprint density at radius 1 is 1.10 bits per heavy atom. The van der Waals surface area contributed by atoms with Gasteiger partial charge in [-0.1, -0.05) is 24.3 Å². The molecule has 1 fully saturated rings. The molecule has 10 nitrogen and oxygen atoms in total. The number of carbonyl (C=O) groups is 1. The monoisotopic (exact) mass is 577 g/mol. The van der Waals surface area contributed by atoms with Gasteiger partial charge in [0.1, 0.15) is 16.7 Å². The van der Waals surface area contributed by atoms with Crippen LogP contribution in [0.2, 0.25) is 0 Å². The van der Waals surface area contributed by atoms with Crippen LogP contribution < -0.4 is 9.64 Å². The molecule has 0 bridgehead atoms. The number of fused-ring (bicyclic) bond motifs is 1. The van der Waals surface area contributed by atoms with Crippen molar-refractivity contribution < 1.29 is 19.2 Å². The summed E-state index contributed by atoms with van der Waals surface area (Å²) in [5.41, 5.74) is 4.20. The van der Waals surface area contributed by atoms with Gasteiger partial charge in [0.15, 0.2) is 0 Å². The van der Waals surface area contributed by atoms with Crippen molar-refractivity contribution in [2.75, 3.05) is 50.8 Å². The molecule has 2 unspecified atom stereocenters. The average Bonchev–Trinajstić information content (AvgIpc) is 3.38. The molecule has 0 saturated carbocycles. The van der Waals surface area contributed by atoms with E-state index in [9.17, 15) is 14.9 Å². The maximum absolute atomic E-state index is 13.2. The Bertz CT molecular complexity index is 1430. The molecule has 2 aliphatic rings. The second kappa shape index (κ2) is 12.8. The van der Waals surface area contributed by atoms with E-state index in [1.54, 1.807) is 19.1 Å². The number of nitro benzene ring substituents is 1. The van der Waals surface area contributed by atoms with Gasteiger partial charge in [0.25, 0.3) is 5.69 Å². The number of anilines is 1. The predicted molar refractivity (Wildman–Crippen MR) is 160 cm³/mol. The molecule has 11 heteroatoms. The van der Waals surface area contributed by atoms with Gasteiger partial charge in [-0.2, -0.15) is 4.37 Å². The number of piperazine rings is 1. The van der Waals surface area contributed by atoms with Crippen LogP contribution in [0, 0.1) is 16.0 Å². The van der Waals surface area contributed by atoms with Crippen LogP contribution in [0.3, 0.4) is 0 Å². The van der Waals surface area contributed by atoms with Gasteiger partial charge in [-0.25, -0.2) is 4.99 Å². The zero-order valence-corrected chi connectivity index (χ0v) is 24.4. The molecule has 0 aliphatic carbocycles. The number of hydrogen-bond acceptors (Lipinski definition) is 10. The second-order valence-electron chi connectivity index (χ2n) is 10.1. The van der Waals surface area contributed by atoms with E-state index in [1.807, 2.05) is 38.1 Å². The summed E-state index contributed by atoms with van der Waals surface area (Å²) < 4.78 is 16.1. The molecule has 3 heterocycles. The summed E-state index contributed by atoms with van der Waals surface area (Å²) in [5.74, 6) is -0.594. The third-order valence-electron chi connectivity index (χ3n) is 7.68. The van der Waals surface area contributed by atoms with E-state index < -0.39 is 16.8 Å². The minimum atomic E-state index is -0.673. The Kier molecular flexibility index (Phi) is 8.94. The highest BCUT2D eigenvalue weighted by Crippen LogP contribution is 2.47. The van der Waals surface area contributed by atoms with E-state index >= 15 is 0 Å².